The van der Waals surface area contributed by atoms with E-state index < -0.39 is 0 Å². The van der Waals surface area contributed by atoms with Crippen LogP contribution in [-0.4, -0.2) is 0 Å². The van der Waals surface area contributed by atoms with Crippen LogP contribution in [0.15, 0.2) is 116 Å². The molecule has 0 aliphatic rings. The van der Waals surface area contributed by atoms with Crippen molar-refractivity contribution in [1.29, 1.82) is 0 Å². The van der Waals surface area contributed by atoms with Gasteiger partial charge in [-0.2, -0.15) is 0 Å². The molecule has 0 aliphatic carbocycles. The van der Waals surface area contributed by atoms with Gasteiger partial charge in [-0.05, 0) is 68.9 Å². The number of aryl methyl sites for hydroxylation is 1. The maximum Gasteiger partial charge on any atom is 0.0390 e. The van der Waals surface area contributed by atoms with Crippen molar-refractivity contribution in [2.45, 2.75) is 6.92 Å². The molecule has 0 saturated heterocycles. The van der Waals surface area contributed by atoms with Crippen LogP contribution in [0.25, 0.3) is 80.1 Å². The zero-order chi connectivity index (χ0) is 26.1. The fraction of sp³-hybridized carbons (Fsp3) is 0.0270. The lowest BCUT2D eigenvalue weighted by Crippen LogP contribution is -1.86. The van der Waals surface area contributed by atoms with E-state index in [0.717, 1.165) is 0 Å². The summed E-state index contributed by atoms with van der Waals surface area (Å²) in [4.78, 5) is 1.23. The van der Waals surface area contributed by atoms with E-state index in [1.165, 1.54) is 84.5 Å². The quantitative estimate of drug-likeness (QED) is 0.199. The van der Waals surface area contributed by atoms with Crippen molar-refractivity contribution >= 4 is 80.6 Å². The van der Waals surface area contributed by atoms with Crippen LogP contribution in [0.5, 0.6) is 0 Å². The van der Waals surface area contributed by atoms with Crippen LogP contribution in [0.2, 0.25) is 0 Å². The van der Waals surface area contributed by atoms with Crippen molar-refractivity contribution in [3.63, 3.8) is 0 Å². The minimum Gasteiger partial charge on any atom is -0.135 e. The number of hydrogen-bond donors (Lipinski definition) is 0. The van der Waals surface area contributed by atoms with Gasteiger partial charge in [-0.15, -0.1) is 22.7 Å². The molecule has 0 N–H and O–H groups in total. The average molecular weight is 533 g/mol. The lowest BCUT2D eigenvalue weighted by molar-refractivity contribution is 1.55. The number of benzene rings is 6. The van der Waals surface area contributed by atoms with Crippen LogP contribution in [0, 0.1) is 6.92 Å². The lowest BCUT2D eigenvalue weighted by Gasteiger charge is -2.13. The normalized spacial score (nSPS) is 11.8. The number of thiophene rings is 2. The predicted octanol–water partition coefficient (Wildman–Crippen LogP) is 11.9. The predicted molar refractivity (Wildman–Crippen MR) is 175 cm³/mol. The molecular weight excluding hydrogens is 509 g/mol. The molecule has 0 bridgehead atoms. The first-order valence-electron chi connectivity index (χ1n) is 13.2. The first kappa shape index (κ1) is 22.7. The largest absolute Gasteiger partial charge is 0.135 e. The summed E-state index contributed by atoms with van der Waals surface area (Å²) in [7, 11) is 0. The van der Waals surface area contributed by atoms with Gasteiger partial charge >= 0.3 is 0 Å². The third-order valence-corrected chi connectivity index (χ3v) is 10.5. The molecule has 0 atom stereocenters. The highest BCUT2D eigenvalue weighted by Gasteiger charge is 2.19. The van der Waals surface area contributed by atoms with Crippen molar-refractivity contribution in [2.24, 2.45) is 0 Å². The summed E-state index contributed by atoms with van der Waals surface area (Å²) in [5.74, 6) is 0. The molecule has 2 heteroatoms. The Labute approximate surface area is 235 Å². The standard InChI is InChI=1S/C37H24S2/c1-3-32-36(26-18-19-30-29-14-8-9-15-33(29)39-37(30)22(26)2)31-17-16-25(21-34(31)38-32)35-27-12-6-4-10-23(27)20-24-11-5-7-13-28(24)35/h3-21H,1H2,2H3. The summed E-state index contributed by atoms with van der Waals surface area (Å²) in [6.45, 7) is 6.49. The maximum absolute atomic E-state index is 4.21. The van der Waals surface area contributed by atoms with Gasteiger partial charge in [-0.3, -0.25) is 0 Å². The van der Waals surface area contributed by atoms with Gasteiger partial charge in [0.05, 0.1) is 0 Å². The zero-order valence-corrected chi connectivity index (χ0v) is 23.1. The van der Waals surface area contributed by atoms with E-state index in [0.29, 0.717) is 0 Å². The van der Waals surface area contributed by atoms with Gasteiger partial charge < -0.3 is 0 Å². The second kappa shape index (κ2) is 8.64. The van der Waals surface area contributed by atoms with Gasteiger partial charge in [0.25, 0.3) is 0 Å². The summed E-state index contributed by atoms with van der Waals surface area (Å²) in [5.41, 5.74) is 6.52. The van der Waals surface area contributed by atoms with E-state index in [2.05, 4.69) is 123 Å². The zero-order valence-electron chi connectivity index (χ0n) is 21.5. The highest BCUT2D eigenvalue weighted by atomic mass is 32.1. The SMILES string of the molecule is C=Cc1sc2cc(-c3c4ccccc4cc4ccccc34)ccc2c1-c1ccc2c(sc3ccccc32)c1C. The third kappa shape index (κ3) is 3.35. The molecule has 8 aromatic rings. The molecule has 184 valence electrons. The smallest absolute Gasteiger partial charge is 0.0390 e. The van der Waals surface area contributed by atoms with E-state index in [-0.39, 0.29) is 0 Å². The summed E-state index contributed by atoms with van der Waals surface area (Å²) < 4.78 is 4.02. The summed E-state index contributed by atoms with van der Waals surface area (Å²) in [5, 5.41) is 9.13. The minimum absolute atomic E-state index is 1.23. The molecule has 2 heterocycles. The van der Waals surface area contributed by atoms with Crippen LogP contribution in [0.3, 0.4) is 0 Å². The fourth-order valence-corrected chi connectivity index (χ4v) is 8.53. The minimum atomic E-state index is 1.23. The van der Waals surface area contributed by atoms with Crippen molar-refractivity contribution < 1.29 is 0 Å². The number of hydrogen-bond acceptors (Lipinski definition) is 2. The van der Waals surface area contributed by atoms with E-state index in [1.807, 2.05) is 28.7 Å². The maximum atomic E-state index is 4.21. The molecule has 0 nitrogen and oxygen atoms in total. The van der Waals surface area contributed by atoms with Crippen molar-refractivity contribution in [3.8, 4) is 22.3 Å². The topological polar surface area (TPSA) is 0 Å². The molecule has 0 fully saturated rings. The molecule has 2 aromatic heterocycles. The van der Waals surface area contributed by atoms with Gasteiger partial charge in [0.15, 0.2) is 0 Å². The molecule has 0 unspecified atom stereocenters. The fourth-order valence-electron chi connectivity index (χ4n) is 6.21. The van der Waals surface area contributed by atoms with Gasteiger partial charge in [0.2, 0.25) is 0 Å². The Kier molecular flexibility index (Phi) is 5.03. The van der Waals surface area contributed by atoms with Gasteiger partial charge in [-0.1, -0.05) is 104 Å². The highest BCUT2D eigenvalue weighted by Crippen LogP contribution is 2.46. The van der Waals surface area contributed by atoms with E-state index in [4.69, 9.17) is 0 Å². The molecule has 8 rings (SSSR count). The van der Waals surface area contributed by atoms with Crippen molar-refractivity contribution in [3.05, 3.63) is 126 Å². The summed E-state index contributed by atoms with van der Waals surface area (Å²) in [6, 6.07) is 40.2. The van der Waals surface area contributed by atoms with Crippen molar-refractivity contribution in [1.82, 2.24) is 0 Å². The van der Waals surface area contributed by atoms with E-state index in [1.54, 1.807) is 0 Å². The van der Waals surface area contributed by atoms with Crippen molar-refractivity contribution in [2.75, 3.05) is 0 Å². The van der Waals surface area contributed by atoms with Crippen LogP contribution in [-0.2, 0) is 0 Å². The van der Waals surface area contributed by atoms with Gasteiger partial charge in [-0.25, -0.2) is 0 Å². The molecule has 0 spiro atoms. The van der Waals surface area contributed by atoms with E-state index >= 15 is 0 Å². The summed E-state index contributed by atoms with van der Waals surface area (Å²) >= 11 is 3.74. The number of fused-ring (bicyclic) bond motifs is 6. The Bertz CT molecular complexity index is 2200. The van der Waals surface area contributed by atoms with Crippen LogP contribution < -0.4 is 0 Å². The van der Waals surface area contributed by atoms with Crippen LogP contribution in [0.1, 0.15) is 10.4 Å². The Morgan fingerprint density at radius 2 is 1.23 bits per heavy atom. The summed E-state index contributed by atoms with van der Waals surface area (Å²) in [6.07, 6.45) is 2.03. The third-order valence-electron chi connectivity index (χ3n) is 8.03. The first-order valence-corrected chi connectivity index (χ1v) is 14.9. The molecule has 0 amide bonds. The van der Waals surface area contributed by atoms with Gasteiger partial charge in [0.1, 0.15) is 0 Å². The van der Waals surface area contributed by atoms with E-state index in [9.17, 15) is 0 Å². The Morgan fingerprint density at radius 3 is 1.97 bits per heavy atom. The Hall–Kier alpha value is -4.24. The van der Waals surface area contributed by atoms with Crippen LogP contribution in [0.4, 0.5) is 0 Å². The second-order valence-electron chi connectivity index (χ2n) is 10.2. The average Bonchev–Trinajstić information content (AvgIpc) is 3.54. The highest BCUT2D eigenvalue weighted by molar-refractivity contribution is 7.26. The molecular formula is C37H24S2. The van der Waals surface area contributed by atoms with Gasteiger partial charge in [0, 0.05) is 40.7 Å². The molecule has 0 aliphatic heterocycles. The number of rotatable bonds is 3. The Morgan fingerprint density at radius 1 is 0.564 bits per heavy atom. The lowest BCUT2D eigenvalue weighted by atomic mass is 9.91. The molecule has 39 heavy (non-hydrogen) atoms. The second-order valence-corrected chi connectivity index (χ2v) is 12.3. The Balaban J connectivity index is 1.38. The van der Waals surface area contributed by atoms with Crippen LogP contribution >= 0.6 is 22.7 Å². The first-order chi connectivity index (χ1) is 19.2. The molecule has 0 saturated carbocycles. The monoisotopic (exact) mass is 532 g/mol. The molecule has 0 radical (unpaired) electrons. The molecule has 6 aromatic carbocycles.